The molecule has 3 nitrogen and oxygen atoms in total. The van der Waals surface area contributed by atoms with Gasteiger partial charge in [0.05, 0.1) is 5.69 Å². The molecule has 0 spiro atoms. The van der Waals surface area contributed by atoms with Crippen molar-refractivity contribution in [2.45, 2.75) is 52.0 Å². The van der Waals surface area contributed by atoms with Gasteiger partial charge in [-0.2, -0.15) is 0 Å². The van der Waals surface area contributed by atoms with E-state index in [4.69, 9.17) is 5.73 Å². The van der Waals surface area contributed by atoms with Crippen LogP contribution in [0.15, 0.2) is 24.3 Å². The van der Waals surface area contributed by atoms with E-state index < -0.39 is 0 Å². The van der Waals surface area contributed by atoms with E-state index in [1.807, 2.05) is 24.3 Å². The minimum atomic E-state index is -0.0248. The number of hydrogen-bond acceptors (Lipinski definition) is 3. The van der Waals surface area contributed by atoms with Crippen molar-refractivity contribution in [3.05, 3.63) is 29.1 Å². The van der Waals surface area contributed by atoms with Crippen LogP contribution in [0.5, 0.6) is 0 Å². The number of benzene rings is 1. The van der Waals surface area contributed by atoms with Crippen molar-refractivity contribution >= 4 is 33.0 Å². The Hall–Kier alpha value is -1.55. The molecule has 0 saturated carbocycles. The standard InChI is InChI=1S/C17H24N2OS/c1-3-5-9-12(8-4-2)19-17(20)16-15(18)13-10-6-7-11-14(13)21-16/h6-7,10-12H,3-5,8-9,18H2,1-2H3,(H,19,20). The maximum absolute atomic E-state index is 12.5. The lowest BCUT2D eigenvalue weighted by Gasteiger charge is -2.17. The molecule has 0 bridgehead atoms. The number of nitrogen functional groups attached to an aromatic ring is 1. The molecule has 1 unspecified atom stereocenters. The van der Waals surface area contributed by atoms with Crippen molar-refractivity contribution in [2.24, 2.45) is 0 Å². The van der Waals surface area contributed by atoms with Crippen molar-refractivity contribution in [1.29, 1.82) is 0 Å². The van der Waals surface area contributed by atoms with Gasteiger partial charge in [-0.1, -0.05) is 51.3 Å². The van der Waals surface area contributed by atoms with E-state index in [1.54, 1.807) is 0 Å². The van der Waals surface area contributed by atoms with E-state index in [2.05, 4.69) is 19.2 Å². The van der Waals surface area contributed by atoms with Crippen molar-refractivity contribution in [3.8, 4) is 0 Å². The second-order valence-corrected chi connectivity index (χ2v) is 6.49. The summed E-state index contributed by atoms with van der Waals surface area (Å²) in [7, 11) is 0. The molecule has 0 saturated heterocycles. The second kappa shape index (κ2) is 7.46. The highest BCUT2D eigenvalue weighted by Gasteiger charge is 2.18. The van der Waals surface area contributed by atoms with Crippen molar-refractivity contribution < 1.29 is 4.79 Å². The third kappa shape index (κ3) is 3.76. The number of fused-ring (bicyclic) bond motifs is 1. The van der Waals surface area contributed by atoms with Crippen LogP contribution in [-0.2, 0) is 0 Å². The summed E-state index contributed by atoms with van der Waals surface area (Å²) in [4.78, 5) is 13.1. The first-order valence-corrected chi connectivity index (χ1v) is 8.56. The highest BCUT2D eigenvalue weighted by Crippen LogP contribution is 2.33. The van der Waals surface area contributed by atoms with Crippen LogP contribution in [0, 0.1) is 0 Å². The zero-order chi connectivity index (χ0) is 15.2. The fourth-order valence-corrected chi connectivity index (χ4v) is 3.60. The molecular formula is C17H24N2OS. The summed E-state index contributed by atoms with van der Waals surface area (Å²) < 4.78 is 1.07. The minimum absolute atomic E-state index is 0.0248. The molecule has 1 atom stereocenters. The normalized spacial score (nSPS) is 12.5. The summed E-state index contributed by atoms with van der Waals surface area (Å²) in [6.45, 7) is 4.33. The molecule has 4 heteroatoms. The monoisotopic (exact) mass is 304 g/mol. The Morgan fingerprint density at radius 2 is 2.00 bits per heavy atom. The number of thiophene rings is 1. The van der Waals surface area contributed by atoms with E-state index in [9.17, 15) is 4.79 Å². The van der Waals surface area contributed by atoms with Crippen molar-refractivity contribution in [3.63, 3.8) is 0 Å². The first-order chi connectivity index (χ1) is 10.2. The van der Waals surface area contributed by atoms with Crippen LogP contribution in [0.2, 0.25) is 0 Å². The summed E-state index contributed by atoms with van der Waals surface area (Å²) >= 11 is 1.48. The summed E-state index contributed by atoms with van der Waals surface area (Å²) in [6, 6.07) is 8.16. The number of carbonyl (C=O) groups is 1. The van der Waals surface area contributed by atoms with Gasteiger partial charge in [-0.25, -0.2) is 0 Å². The van der Waals surface area contributed by atoms with Crippen molar-refractivity contribution in [2.75, 3.05) is 5.73 Å². The highest BCUT2D eigenvalue weighted by molar-refractivity contribution is 7.21. The van der Waals surface area contributed by atoms with Crippen LogP contribution < -0.4 is 11.1 Å². The molecule has 1 amide bonds. The van der Waals surface area contributed by atoms with Gasteiger partial charge in [0, 0.05) is 16.1 Å². The molecule has 1 aromatic carbocycles. The number of carbonyl (C=O) groups excluding carboxylic acids is 1. The first kappa shape index (κ1) is 15.8. The van der Waals surface area contributed by atoms with E-state index in [0.717, 1.165) is 42.2 Å². The van der Waals surface area contributed by atoms with Gasteiger partial charge in [-0.05, 0) is 18.9 Å². The van der Waals surface area contributed by atoms with Crippen LogP contribution in [0.4, 0.5) is 5.69 Å². The molecule has 0 aliphatic rings. The number of nitrogens with one attached hydrogen (secondary N) is 1. The molecule has 2 rings (SSSR count). The number of rotatable bonds is 7. The molecule has 0 radical (unpaired) electrons. The lowest BCUT2D eigenvalue weighted by atomic mass is 10.1. The molecule has 2 aromatic rings. The van der Waals surface area contributed by atoms with Gasteiger partial charge >= 0.3 is 0 Å². The average molecular weight is 304 g/mol. The van der Waals surface area contributed by atoms with Crippen LogP contribution in [0.1, 0.15) is 55.6 Å². The van der Waals surface area contributed by atoms with Crippen LogP contribution >= 0.6 is 11.3 Å². The van der Waals surface area contributed by atoms with E-state index in [0.29, 0.717) is 10.6 Å². The zero-order valence-electron chi connectivity index (χ0n) is 12.8. The van der Waals surface area contributed by atoms with Crippen molar-refractivity contribution in [1.82, 2.24) is 5.32 Å². The summed E-state index contributed by atoms with van der Waals surface area (Å²) in [5.74, 6) is -0.0248. The van der Waals surface area contributed by atoms with Gasteiger partial charge in [-0.15, -0.1) is 11.3 Å². The number of hydrogen-bond donors (Lipinski definition) is 2. The molecule has 114 valence electrons. The topological polar surface area (TPSA) is 55.1 Å². The van der Waals surface area contributed by atoms with Gasteiger partial charge < -0.3 is 11.1 Å². The maximum Gasteiger partial charge on any atom is 0.263 e. The third-order valence-electron chi connectivity index (χ3n) is 3.72. The van der Waals surface area contributed by atoms with E-state index >= 15 is 0 Å². The maximum atomic E-state index is 12.5. The lowest BCUT2D eigenvalue weighted by molar-refractivity contribution is 0.0937. The van der Waals surface area contributed by atoms with Crippen LogP contribution in [0.25, 0.3) is 10.1 Å². The predicted molar refractivity (Wildman–Crippen MR) is 91.9 cm³/mol. The van der Waals surface area contributed by atoms with Crippen LogP contribution in [-0.4, -0.2) is 11.9 Å². The van der Waals surface area contributed by atoms with Crippen LogP contribution in [0.3, 0.4) is 0 Å². The van der Waals surface area contributed by atoms with E-state index in [1.165, 1.54) is 11.3 Å². The first-order valence-electron chi connectivity index (χ1n) is 7.75. The molecule has 0 aliphatic heterocycles. The largest absolute Gasteiger partial charge is 0.397 e. The third-order valence-corrected chi connectivity index (χ3v) is 4.90. The van der Waals surface area contributed by atoms with Gasteiger partial charge in [-0.3, -0.25) is 4.79 Å². The fourth-order valence-electron chi connectivity index (χ4n) is 2.57. The quantitative estimate of drug-likeness (QED) is 0.787. The van der Waals surface area contributed by atoms with Gasteiger partial charge in [0.2, 0.25) is 0 Å². The van der Waals surface area contributed by atoms with Gasteiger partial charge in [0.15, 0.2) is 0 Å². The second-order valence-electron chi connectivity index (χ2n) is 5.44. The average Bonchev–Trinajstić information content (AvgIpc) is 2.83. The van der Waals surface area contributed by atoms with Gasteiger partial charge in [0.1, 0.15) is 4.88 Å². The number of amides is 1. The summed E-state index contributed by atoms with van der Waals surface area (Å²) in [5.41, 5.74) is 6.75. The number of nitrogens with two attached hydrogens (primary N) is 1. The number of anilines is 1. The molecule has 3 N–H and O–H groups in total. The Labute approximate surface area is 130 Å². The molecule has 1 aromatic heterocycles. The molecule has 0 fully saturated rings. The molecular weight excluding hydrogens is 280 g/mol. The summed E-state index contributed by atoms with van der Waals surface area (Å²) in [6.07, 6.45) is 5.45. The molecule has 21 heavy (non-hydrogen) atoms. The highest BCUT2D eigenvalue weighted by atomic mass is 32.1. The van der Waals surface area contributed by atoms with E-state index in [-0.39, 0.29) is 11.9 Å². The Morgan fingerprint density at radius 3 is 2.67 bits per heavy atom. The zero-order valence-corrected chi connectivity index (χ0v) is 13.6. The molecule has 1 heterocycles. The Morgan fingerprint density at radius 1 is 1.24 bits per heavy atom. The Bertz CT molecular complexity index is 606. The Kier molecular flexibility index (Phi) is 5.62. The Balaban J connectivity index is 2.15. The minimum Gasteiger partial charge on any atom is -0.397 e. The predicted octanol–water partition coefficient (Wildman–Crippen LogP) is 4.57. The lowest BCUT2D eigenvalue weighted by Crippen LogP contribution is -2.34. The number of unbranched alkanes of at least 4 members (excludes halogenated alkanes) is 1. The van der Waals surface area contributed by atoms with Gasteiger partial charge in [0.25, 0.3) is 5.91 Å². The summed E-state index contributed by atoms with van der Waals surface area (Å²) in [5, 5.41) is 4.14. The fraction of sp³-hybridized carbons (Fsp3) is 0.471. The molecule has 0 aliphatic carbocycles. The SMILES string of the molecule is CCCCC(CCC)NC(=O)c1sc2ccccc2c1N. The smallest absolute Gasteiger partial charge is 0.263 e.